The normalized spacial score (nSPS) is 23.2. The second-order valence-corrected chi connectivity index (χ2v) is 7.60. The maximum absolute atomic E-state index is 12.7. The molecule has 1 aliphatic heterocycles. The molecule has 0 aromatic carbocycles. The lowest BCUT2D eigenvalue weighted by Gasteiger charge is -2.40. The van der Waals surface area contributed by atoms with Crippen molar-refractivity contribution in [2.45, 2.75) is 69.9 Å². The van der Waals surface area contributed by atoms with Crippen LogP contribution in [0.3, 0.4) is 0 Å². The van der Waals surface area contributed by atoms with Gasteiger partial charge in [0.05, 0.1) is 0 Å². The first-order valence-electron chi connectivity index (χ1n) is 9.66. The molecule has 5 nitrogen and oxygen atoms in total. The van der Waals surface area contributed by atoms with E-state index in [1.165, 1.54) is 32.1 Å². The zero-order valence-corrected chi connectivity index (χ0v) is 14.4. The largest absolute Gasteiger partial charge is 0.350 e. The Morgan fingerprint density at radius 1 is 1.00 bits per heavy atom. The predicted octanol–water partition coefficient (Wildman–Crippen LogP) is 3.02. The van der Waals surface area contributed by atoms with Crippen LogP contribution in [0.15, 0.2) is 18.6 Å². The van der Waals surface area contributed by atoms with Crippen molar-refractivity contribution in [2.75, 3.05) is 18.0 Å². The number of amides is 1. The second-order valence-electron chi connectivity index (χ2n) is 7.60. The third-order valence-corrected chi connectivity index (χ3v) is 5.90. The van der Waals surface area contributed by atoms with Crippen molar-refractivity contribution < 1.29 is 4.79 Å². The summed E-state index contributed by atoms with van der Waals surface area (Å²) in [6, 6.07) is 3.19. The standard InChI is InChI=1S/C19H28N4O/c24-19(15-4-2-1-3-5-15)22-12-9-17(10-13-22)23(16-6-7-16)18-8-11-20-14-21-18/h8,11,14-17H,1-7,9-10,12-13H2. The van der Waals surface area contributed by atoms with E-state index in [-0.39, 0.29) is 0 Å². The van der Waals surface area contributed by atoms with Gasteiger partial charge in [0.1, 0.15) is 12.1 Å². The zero-order valence-electron chi connectivity index (χ0n) is 14.4. The molecular weight excluding hydrogens is 300 g/mol. The maximum Gasteiger partial charge on any atom is 0.225 e. The Hall–Kier alpha value is -1.65. The van der Waals surface area contributed by atoms with Crippen LogP contribution in [-0.4, -0.2) is 45.9 Å². The molecule has 0 atom stereocenters. The summed E-state index contributed by atoms with van der Waals surface area (Å²) < 4.78 is 0. The molecule has 2 heterocycles. The van der Waals surface area contributed by atoms with Crippen LogP contribution in [0, 0.1) is 5.92 Å². The van der Waals surface area contributed by atoms with Crippen LogP contribution in [0.25, 0.3) is 0 Å². The molecule has 1 amide bonds. The van der Waals surface area contributed by atoms with Crippen LogP contribution in [0.1, 0.15) is 57.8 Å². The molecule has 1 saturated heterocycles. The van der Waals surface area contributed by atoms with E-state index in [9.17, 15) is 4.79 Å². The number of likely N-dealkylation sites (tertiary alicyclic amines) is 1. The Kier molecular flexibility index (Phi) is 4.67. The molecule has 5 heteroatoms. The van der Waals surface area contributed by atoms with Crippen LogP contribution < -0.4 is 4.90 Å². The maximum atomic E-state index is 12.7. The fourth-order valence-corrected chi connectivity index (χ4v) is 4.43. The number of piperidine rings is 1. The Labute approximate surface area is 144 Å². The van der Waals surface area contributed by atoms with E-state index in [4.69, 9.17) is 0 Å². The van der Waals surface area contributed by atoms with E-state index in [1.807, 2.05) is 12.3 Å². The molecule has 3 fully saturated rings. The topological polar surface area (TPSA) is 49.3 Å². The Bertz CT molecular complexity index is 546. The molecule has 4 rings (SSSR count). The van der Waals surface area contributed by atoms with Gasteiger partial charge in [-0.3, -0.25) is 4.79 Å². The number of hydrogen-bond donors (Lipinski definition) is 0. The fraction of sp³-hybridized carbons (Fsp3) is 0.737. The number of aromatic nitrogens is 2. The molecule has 0 unspecified atom stereocenters. The van der Waals surface area contributed by atoms with E-state index in [2.05, 4.69) is 19.8 Å². The molecular formula is C19H28N4O. The van der Waals surface area contributed by atoms with Crippen molar-refractivity contribution in [3.8, 4) is 0 Å². The molecule has 1 aromatic rings. The van der Waals surface area contributed by atoms with Crippen molar-refractivity contribution in [3.05, 3.63) is 18.6 Å². The molecule has 3 aliphatic rings. The Morgan fingerprint density at radius 2 is 1.71 bits per heavy atom. The monoisotopic (exact) mass is 328 g/mol. The quantitative estimate of drug-likeness (QED) is 0.852. The van der Waals surface area contributed by atoms with Crippen LogP contribution in [0.4, 0.5) is 5.82 Å². The van der Waals surface area contributed by atoms with Gasteiger partial charge in [-0.05, 0) is 44.6 Å². The lowest BCUT2D eigenvalue weighted by Crippen LogP contribution is -2.49. The van der Waals surface area contributed by atoms with Gasteiger partial charge in [0.25, 0.3) is 0 Å². The van der Waals surface area contributed by atoms with Gasteiger partial charge in [0, 0.05) is 37.3 Å². The zero-order chi connectivity index (χ0) is 16.4. The smallest absolute Gasteiger partial charge is 0.225 e. The van der Waals surface area contributed by atoms with Crippen molar-refractivity contribution in [3.63, 3.8) is 0 Å². The van der Waals surface area contributed by atoms with Gasteiger partial charge in [0.15, 0.2) is 0 Å². The van der Waals surface area contributed by atoms with Gasteiger partial charge in [-0.15, -0.1) is 0 Å². The summed E-state index contributed by atoms with van der Waals surface area (Å²) in [5.41, 5.74) is 0. The minimum atomic E-state index is 0.302. The van der Waals surface area contributed by atoms with Gasteiger partial charge in [0.2, 0.25) is 5.91 Å². The lowest BCUT2D eigenvalue weighted by atomic mass is 9.87. The van der Waals surface area contributed by atoms with E-state index in [0.29, 0.717) is 23.9 Å². The molecule has 0 spiro atoms. The van der Waals surface area contributed by atoms with E-state index in [0.717, 1.165) is 44.6 Å². The Morgan fingerprint density at radius 3 is 2.33 bits per heavy atom. The highest BCUT2D eigenvalue weighted by atomic mass is 16.2. The number of rotatable bonds is 4. The summed E-state index contributed by atoms with van der Waals surface area (Å²) in [5, 5.41) is 0. The first-order valence-corrected chi connectivity index (χ1v) is 9.66. The van der Waals surface area contributed by atoms with E-state index < -0.39 is 0 Å². The highest BCUT2D eigenvalue weighted by Gasteiger charge is 2.37. The average Bonchev–Trinajstić information content (AvgIpc) is 3.49. The molecule has 0 N–H and O–H groups in total. The molecule has 0 bridgehead atoms. The summed E-state index contributed by atoms with van der Waals surface area (Å²) >= 11 is 0. The Balaban J connectivity index is 1.37. The molecule has 0 radical (unpaired) electrons. The van der Waals surface area contributed by atoms with Gasteiger partial charge in [-0.25, -0.2) is 9.97 Å². The molecule has 2 aliphatic carbocycles. The second kappa shape index (κ2) is 7.08. The van der Waals surface area contributed by atoms with Crippen LogP contribution >= 0.6 is 0 Å². The minimum absolute atomic E-state index is 0.302. The van der Waals surface area contributed by atoms with Gasteiger partial charge < -0.3 is 9.80 Å². The summed E-state index contributed by atoms with van der Waals surface area (Å²) in [6.07, 6.45) is 14.1. The SMILES string of the molecule is O=C(C1CCCCC1)N1CCC(N(c2ccncn2)C2CC2)CC1. The number of carbonyl (C=O) groups excluding carboxylic acids is 1. The molecule has 1 aromatic heterocycles. The summed E-state index contributed by atoms with van der Waals surface area (Å²) in [4.78, 5) is 25.9. The number of anilines is 1. The van der Waals surface area contributed by atoms with Crippen molar-refractivity contribution in [2.24, 2.45) is 5.92 Å². The summed E-state index contributed by atoms with van der Waals surface area (Å²) in [5.74, 6) is 1.79. The fourth-order valence-electron chi connectivity index (χ4n) is 4.43. The number of nitrogens with zero attached hydrogens (tertiary/aromatic N) is 4. The minimum Gasteiger partial charge on any atom is -0.350 e. The van der Waals surface area contributed by atoms with Gasteiger partial charge in [-0.2, -0.15) is 0 Å². The van der Waals surface area contributed by atoms with Gasteiger partial charge in [-0.1, -0.05) is 19.3 Å². The van der Waals surface area contributed by atoms with Crippen LogP contribution in [-0.2, 0) is 4.79 Å². The summed E-state index contributed by atoms with van der Waals surface area (Å²) in [6.45, 7) is 1.82. The van der Waals surface area contributed by atoms with Crippen molar-refractivity contribution in [1.82, 2.24) is 14.9 Å². The van der Waals surface area contributed by atoms with Gasteiger partial charge >= 0.3 is 0 Å². The van der Waals surface area contributed by atoms with Crippen LogP contribution in [0.2, 0.25) is 0 Å². The van der Waals surface area contributed by atoms with E-state index >= 15 is 0 Å². The summed E-state index contributed by atoms with van der Waals surface area (Å²) in [7, 11) is 0. The van der Waals surface area contributed by atoms with E-state index in [1.54, 1.807) is 6.33 Å². The molecule has 24 heavy (non-hydrogen) atoms. The lowest BCUT2D eigenvalue weighted by molar-refractivity contribution is -0.137. The first kappa shape index (κ1) is 15.9. The van der Waals surface area contributed by atoms with Crippen LogP contribution in [0.5, 0.6) is 0 Å². The highest BCUT2D eigenvalue weighted by Crippen LogP contribution is 2.35. The third-order valence-electron chi connectivity index (χ3n) is 5.90. The number of carbonyl (C=O) groups is 1. The average molecular weight is 328 g/mol. The number of hydrogen-bond acceptors (Lipinski definition) is 4. The van der Waals surface area contributed by atoms with Crippen molar-refractivity contribution >= 4 is 11.7 Å². The third kappa shape index (κ3) is 3.40. The van der Waals surface area contributed by atoms with Crippen molar-refractivity contribution in [1.29, 1.82) is 0 Å². The predicted molar refractivity (Wildman–Crippen MR) is 93.7 cm³/mol. The molecule has 2 saturated carbocycles. The molecule has 130 valence electrons. The first-order chi connectivity index (χ1) is 11.8. The highest BCUT2D eigenvalue weighted by molar-refractivity contribution is 5.79.